The summed E-state index contributed by atoms with van der Waals surface area (Å²) in [4.78, 5) is 28.0. The molecule has 1 fully saturated rings. The quantitative estimate of drug-likeness (QED) is 0.277. The summed E-state index contributed by atoms with van der Waals surface area (Å²) in [6.07, 6.45) is 1.54. The third-order valence-corrected chi connectivity index (χ3v) is 9.63. The summed E-state index contributed by atoms with van der Waals surface area (Å²) in [6.45, 7) is 3.71. The number of ether oxygens (including phenoxy) is 3. The lowest BCUT2D eigenvalue weighted by Crippen LogP contribution is -2.37. The summed E-state index contributed by atoms with van der Waals surface area (Å²) < 4.78 is 72.4. The molecule has 0 bridgehead atoms. The number of hydrogen-bond donors (Lipinski definition) is 2. The minimum absolute atomic E-state index is 0.0115. The van der Waals surface area contributed by atoms with E-state index in [0.29, 0.717) is 43.0 Å². The van der Waals surface area contributed by atoms with Gasteiger partial charge in [0.1, 0.15) is 24.0 Å². The van der Waals surface area contributed by atoms with Crippen LogP contribution in [0.15, 0.2) is 41.3 Å². The highest BCUT2D eigenvalue weighted by molar-refractivity contribution is 7.89. The van der Waals surface area contributed by atoms with Gasteiger partial charge < -0.3 is 24.8 Å². The monoisotopic (exact) mass is 662 g/mol. The Labute approximate surface area is 265 Å². The fourth-order valence-electron chi connectivity index (χ4n) is 5.48. The van der Waals surface area contributed by atoms with E-state index in [1.807, 2.05) is 0 Å². The molecule has 13 nitrogen and oxygen atoms in total. The van der Waals surface area contributed by atoms with E-state index in [1.165, 1.54) is 20.0 Å². The van der Waals surface area contributed by atoms with Gasteiger partial charge in [-0.1, -0.05) is 0 Å². The van der Waals surface area contributed by atoms with Crippen molar-refractivity contribution in [1.29, 1.82) is 0 Å². The molecule has 16 heteroatoms. The second-order valence-corrected chi connectivity index (χ2v) is 12.8. The van der Waals surface area contributed by atoms with Crippen LogP contribution in [0.2, 0.25) is 0 Å². The molecule has 2 aliphatic heterocycles. The van der Waals surface area contributed by atoms with Gasteiger partial charge in [-0.05, 0) is 50.2 Å². The average Bonchev–Trinajstić information content (AvgIpc) is 3.68. The normalized spacial score (nSPS) is 15.4. The number of nitrogens with one attached hydrogen (secondary N) is 2. The van der Waals surface area contributed by atoms with Gasteiger partial charge in [0.15, 0.2) is 5.82 Å². The molecule has 0 saturated carbocycles. The first-order valence-corrected chi connectivity index (χ1v) is 16.2. The first-order chi connectivity index (χ1) is 22.1. The van der Waals surface area contributed by atoms with Crippen LogP contribution in [0.3, 0.4) is 0 Å². The number of anilines is 2. The highest BCUT2D eigenvalue weighted by Crippen LogP contribution is 2.32. The van der Waals surface area contributed by atoms with Crippen molar-refractivity contribution in [1.82, 2.24) is 19.0 Å². The Morgan fingerprint density at radius 3 is 2.43 bits per heavy atom. The van der Waals surface area contributed by atoms with Crippen molar-refractivity contribution in [2.24, 2.45) is 0 Å². The lowest BCUT2D eigenvalue weighted by Gasteiger charge is -2.27. The number of benzene rings is 2. The van der Waals surface area contributed by atoms with Crippen molar-refractivity contribution in [3.8, 4) is 5.75 Å². The zero-order chi connectivity index (χ0) is 32.8. The molecule has 2 N–H and O–H groups in total. The van der Waals surface area contributed by atoms with Gasteiger partial charge in [-0.25, -0.2) is 22.0 Å². The Bertz CT molecular complexity index is 1670. The minimum atomic E-state index is -4.35. The molecule has 0 unspecified atom stereocenters. The van der Waals surface area contributed by atoms with Crippen LogP contribution < -0.4 is 15.4 Å². The number of hydrogen-bond acceptors (Lipinski definition) is 10. The van der Waals surface area contributed by atoms with Crippen molar-refractivity contribution >= 4 is 33.5 Å². The number of aromatic nitrogens is 2. The molecule has 1 saturated heterocycles. The molecule has 3 aromatic rings. The van der Waals surface area contributed by atoms with Gasteiger partial charge in [-0.3, -0.25) is 9.69 Å². The van der Waals surface area contributed by atoms with Gasteiger partial charge in [-0.15, -0.1) is 5.10 Å². The number of amides is 1. The topological polar surface area (TPSA) is 144 Å². The van der Waals surface area contributed by atoms with E-state index in [1.54, 1.807) is 25.3 Å². The lowest BCUT2D eigenvalue weighted by molar-refractivity contribution is 0.102. The summed E-state index contributed by atoms with van der Waals surface area (Å²) in [5.74, 6) is -2.17. The second kappa shape index (κ2) is 14.5. The maximum absolute atomic E-state index is 13.9. The lowest BCUT2D eigenvalue weighted by atomic mass is 10.1. The van der Waals surface area contributed by atoms with E-state index < -0.39 is 38.6 Å². The number of sulfonamides is 1. The smallest absolute Gasteiger partial charge is 0.434 e. The molecule has 3 heterocycles. The second-order valence-electron chi connectivity index (χ2n) is 10.8. The Hall–Kier alpha value is -4.12. The number of fused-ring (bicyclic) bond motifs is 1. The van der Waals surface area contributed by atoms with Gasteiger partial charge in [0.2, 0.25) is 10.0 Å². The van der Waals surface area contributed by atoms with Crippen molar-refractivity contribution in [3.05, 3.63) is 64.9 Å². The molecule has 1 aromatic heterocycles. The van der Waals surface area contributed by atoms with Crippen LogP contribution in [0.4, 0.5) is 25.1 Å². The van der Waals surface area contributed by atoms with E-state index >= 15 is 0 Å². The van der Waals surface area contributed by atoms with Crippen LogP contribution >= 0.6 is 0 Å². The van der Waals surface area contributed by atoms with Gasteiger partial charge in [0, 0.05) is 57.4 Å². The number of nitrogens with zero attached hydrogens (tertiary/aromatic N) is 4. The summed E-state index contributed by atoms with van der Waals surface area (Å²) in [6, 6.07) is 7.01. The van der Waals surface area contributed by atoms with E-state index in [4.69, 9.17) is 14.2 Å². The number of halogens is 2. The van der Waals surface area contributed by atoms with Crippen LogP contribution in [-0.4, -0.2) is 99.6 Å². The Morgan fingerprint density at radius 2 is 1.74 bits per heavy atom. The van der Waals surface area contributed by atoms with Gasteiger partial charge >= 0.3 is 6.09 Å². The van der Waals surface area contributed by atoms with E-state index in [-0.39, 0.29) is 36.5 Å². The highest BCUT2D eigenvalue weighted by atomic mass is 32.2. The van der Waals surface area contributed by atoms with Crippen LogP contribution in [-0.2, 0) is 32.5 Å². The molecule has 248 valence electrons. The third-order valence-electron chi connectivity index (χ3n) is 7.81. The fourth-order valence-corrected chi connectivity index (χ4v) is 6.93. The Morgan fingerprint density at radius 1 is 1.00 bits per heavy atom. The van der Waals surface area contributed by atoms with Crippen LogP contribution in [0.5, 0.6) is 5.75 Å². The summed E-state index contributed by atoms with van der Waals surface area (Å²) in [5.41, 5.74) is 1.27. The molecule has 0 spiro atoms. The molecule has 0 atom stereocenters. The Kier molecular flexibility index (Phi) is 10.5. The molecule has 2 aliphatic rings. The molecular weight excluding hydrogens is 626 g/mol. The molecule has 46 heavy (non-hydrogen) atoms. The zero-order valence-electron chi connectivity index (χ0n) is 25.6. The highest BCUT2D eigenvalue weighted by Gasteiger charge is 2.35. The zero-order valence-corrected chi connectivity index (χ0v) is 26.4. The van der Waals surface area contributed by atoms with E-state index in [0.717, 1.165) is 40.8 Å². The molecule has 0 radical (unpaired) electrons. The van der Waals surface area contributed by atoms with Crippen molar-refractivity contribution in [3.63, 3.8) is 0 Å². The van der Waals surface area contributed by atoms with E-state index in [9.17, 15) is 26.8 Å². The number of carbonyl (C=O) groups is 2. The first-order valence-electron chi connectivity index (χ1n) is 14.8. The maximum atomic E-state index is 13.9. The average molecular weight is 663 g/mol. The molecule has 5 rings (SSSR count). The van der Waals surface area contributed by atoms with Gasteiger partial charge in [0.05, 0.1) is 35.6 Å². The van der Waals surface area contributed by atoms with Crippen molar-refractivity contribution in [2.75, 3.05) is 70.8 Å². The minimum Gasteiger partial charge on any atom is -0.492 e. The van der Waals surface area contributed by atoms with Crippen molar-refractivity contribution in [2.45, 2.75) is 30.7 Å². The summed E-state index contributed by atoms with van der Waals surface area (Å²) >= 11 is 0. The van der Waals surface area contributed by atoms with Crippen molar-refractivity contribution < 1.29 is 41.0 Å². The number of carbonyl (C=O) groups excluding carboxylic acids is 2. The van der Waals surface area contributed by atoms with Crippen LogP contribution in [0.25, 0.3) is 0 Å². The number of rotatable bonds is 12. The first kappa shape index (κ1) is 33.2. The maximum Gasteiger partial charge on any atom is 0.434 e. The SMILES string of the molecule is COCCNc1cc(OCCN2CCCC2)ccc1C(=O)Nc1nn(C(=O)OC)c2c1CN(S(=O)(=O)c1cc(F)cc(F)c1)CC2. The van der Waals surface area contributed by atoms with Gasteiger partial charge in [0.25, 0.3) is 5.91 Å². The fraction of sp³-hybridized carbons (Fsp3) is 0.433. The Balaban J connectivity index is 1.40. The predicted molar refractivity (Wildman–Crippen MR) is 164 cm³/mol. The number of likely N-dealkylation sites (tertiary alicyclic amines) is 1. The molecule has 1 amide bonds. The predicted octanol–water partition coefficient (Wildman–Crippen LogP) is 3.31. The summed E-state index contributed by atoms with van der Waals surface area (Å²) in [7, 11) is -1.63. The van der Waals surface area contributed by atoms with Gasteiger partial charge in [-0.2, -0.15) is 8.99 Å². The third kappa shape index (κ3) is 7.46. The largest absolute Gasteiger partial charge is 0.492 e. The van der Waals surface area contributed by atoms with Crippen LogP contribution in [0, 0.1) is 11.6 Å². The molecule has 0 aliphatic carbocycles. The van der Waals surface area contributed by atoms with E-state index in [2.05, 4.69) is 20.6 Å². The van der Waals surface area contributed by atoms with Crippen LogP contribution in [0.1, 0.15) is 34.5 Å². The number of methoxy groups -OCH3 is 2. The molecular formula is C30H36F2N6O7S. The standard InChI is InChI=1S/C30H36F2N6O7S/c1-43-13-8-33-26-18-22(45-14-12-36-9-3-4-10-36)5-6-24(26)29(39)34-28-25-19-37(11-7-27(25)38(35-28)30(40)44-2)46(41,42)23-16-20(31)15-21(32)17-23/h5-6,15-18,33H,3-4,7-14,19H2,1-2H3,(H,34,35,39). The molecule has 2 aromatic carbocycles. The summed E-state index contributed by atoms with van der Waals surface area (Å²) in [5, 5.41) is 10.1.